The van der Waals surface area contributed by atoms with E-state index in [1.807, 2.05) is 19.6 Å². The van der Waals surface area contributed by atoms with Crippen LogP contribution in [-0.4, -0.2) is 25.3 Å². The van der Waals surface area contributed by atoms with Crippen LogP contribution in [0.25, 0.3) is 0 Å². The highest BCUT2D eigenvalue weighted by molar-refractivity contribution is 6.70. The van der Waals surface area contributed by atoms with Crippen LogP contribution in [0.4, 0.5) is 5.69 Å². The Kier molecular flexibility index (Phi) is 4.50. The second-order valence-corrected chi connectivity index (χ2v) is 9.35. The van der Waals surface area contributed by atoms with Gasteiger partial charge in [0, 0.05) is 5.69 Å². The minimum atomic E-state index is -1.90. The summed E-state index contributed by atoms with van der Waals surface area (Å²) < 4.78 is 5.71. The Labute approximate surface area is 113 Å². The van der Waals surface area contributed by atoms with Crippen molar-refractivity contribution >= 4 is 25.9 Å². The van der Waals surface area contributed by atoms with E-state index in [4.69, 9.17) is 4.43 Å². The second kappa shape index (κ2) is 5.70. The number of hydrogen-bond acceptors (Lipinski definition) is 3. The highest BCUT2D eigenvalue weighted by Gasteiger charge is 2.21. The maximum Gasteiger partial charge on any atom is 0.339 e. The van der Waals surface area contributed by atoms with Crippen molar-refractivity contribution in [1.82, 2.24) is 0 Å². The Morgan fingerprint density at radius 1 is 1.37 bits per heavy atom. The third-order valence-corrected chi connectivity index (χ3v) is 2.91. The molecule has 0 fully saturated rings. The normalized spacial score (nSPS) is 10.7. The zero-order valence-electron chi connectivity index (χ0n) is 11.2. The molecule has 0 heterocycles. The van der Waals surface area contributed by atoms with E-state index in [-0.39, 0.29) is 5.56 Å². The second-order valence-electron chi connectivity index (χ2n) is 4.92. The maximum atomic E-state index is 11.2. The van der Waals surface area contributed by atoms with Crippen molar-refractivity contribution in [3.8, 4) is 5.75 Å². The van der Waals surface area contributed by atoms with E-state index in [1.54, 1.807) is 12.1 Å². The minimum absolute atomic E-state index is 0.0317. The summed E-state index contributed by atoms with van der Waals surface area (Å²) in [7, 11) is -1.90. The summed E-state index contributed by atoms with van der Waals surface area (Å²) in [4.78, 5) is 22.4. The van der Waals surface area contributed by atoms with Gasteiger partial charge in [-0.15, -0.1) is 0 Å². The lowest BCUT2D eigenvalue weighted by Crippen LogP contribution is -2.30. The van der Waals surface area contributed by atoms with Gasteiger partial charge in [0.25, 0.3) is 0 Å². The molecule has 0 spiro atoms. The molecule has 0 atom stereocenters. The molecule has 0 bridgehead atoms. The molecule has 0 aliphatic heterocycles. The van der Waals surface area contributed by atoms with Gasteiger partial charge in [0.05, 0.1) is 0 Å². The molecule has 0 saturated heterocycles. The first-order valence-electron chi connectivity index (χ1n) is 5.73. The van der Waals surface area contributed by atoms with Crippen molar-refractivity contribution in [2.45, 2.75) is 19.6 Å². The van der Waals surface area contributed by atoms with E-state index in [2.05, 4.69) is 11.9 Å². The van der Waals surface area contributed by atoms with Gasteiger partial charge in [0.15, 0.2) is 0 Å². The Balaban J connectivity index is 3.11. The number of carbonyl (C=O) groups excluding carboxylic acids is 1. The fourth-order valence-corrected chi connectivity index (χ4v) is 2.22. The number of hydrogen-bond donors (Lipinski definition) is 2. The fourth-order valence-electron chi connectivity index (χ4n) is 1.39. The molecule has 1 amide bonds. The van der Waals surface area contributed by atoms with Crippen LogP contribution in [-0.2, 0) is 4.79 Å². The number of carboxylic acid groups (broad SMARTS) is 1. The summed E-state index contributed by atoms with van der Waals surface area (Å²) in [6.07, 6.45) is 1.12. The van der Waals surface area contributed by atoms with E-state index >= 15 is 0 Å². The van der Waals surface area contributed by atoms with Gasteiger partial charge in [-0.25, -0.2) is 4.79 Å². The molecule has 5 nitrogen and oxygen atoms in total. The van der Waals surface area contributed by atoms with Crippen molar-refractivity contribution in [2.75, 3.05) is 5.32 Å². The summed E-state index contributed by atoms with van der Waals surface area (Å²) in [5.74, 6) is -1.17. The average molecular weight is 279 g/mol. The number of anilines is 1. The highest BCUT2D eigenvalue weighted by Crippen LogP contribution is 2.25. The maximum absolute atomic E-state index is 11.2. The number of benzene rings is 1. The quantitative estimate of drug-likeness (QED) is 0.642. The Hall–Kier alpha value is -2.08. The lowest BCUT2D eigenvalue weighted by molar-refractivity contribution is -0.111. The van der Waals surface area contributed by atoms with Crippen LogP contribution in [0, 0.1) is 0 Å². The molecular weight excluding hydrogens is 262 g/mol. The van der Waals surface area contributed by atoms with Gasteiger partial charge in [-0.05, 0) is 43.9 Å². The summed E-state index contributed by atoms with van der Waals surface area (Å²) in [6, 6.07) is 4.53. The molecule has 6 heteroatoms. The molecule has 1 aromatic rings. The number of nitrogens with one attached hydrogen (secondary N) is 1. The number of carboxylic acids is 1. The van der Waals surface area contributed by atoms with Gasteiger partial charge < -0.3 is 14.8 Å². The SMILES string of the molecule is C=CC(=O)Nc1ccc(O[Si](C)(C)C)c(C(=O)O)c1. The molecule has 0 radical (unpaired) electrons. The minimum Gasteiger partial charge on any atom is -0.544 e. The predicted octanol–water partition coefficient (Wildman–Crippen LogP) is 2.72. The largest absolute Gasteiger partial charge is 0.544 e. The van der Waals surface area contributed by atoms with E-state index in [0.717, 1.165) is 6.08 Å². The monoisotopic (exact) mass is 279 g/mol. The molecule has 1 aromatic carbocycles. The molecule has 0 saturated carbocycles. The first kappa shape index (κ1) is 15.0. The van der Waals surface area contributed by atoms with Crippen molar-refractivity contribution in [2.24, 2.45) is 0 Å². The lowest BCUT2D eigenvalue weighted by atomic mass is 10.2. The molecule has 19 heavy (non-hydrogen) atoms. The molecule has 0 aliphatic carbocycles. The van der Waals surface area contributed by atoms with Gasteiger partial charge in [-0.1, -0.05) is 6.58 Å². The fraction of sp³-hybridized carbons (Fsp3) is 0.231. The van der Waals surface area contributed by atoms with Gasteiger partial charge in [-0.3, -0.25) is 4.79 Å². The Morgan fingerprint density at radius 2 is 2.00 bits per heavy atom. The van der Waals surface area contributed by atoms with E-state index in [0.29, 0.717) is 11.4 Å². The standard InChI is InChI=1S/C13H17NO4Si/c1-5-12(15)14-9-6-7-11(18-19(2,3)4)10(8-9)13(16)17/h5-8H,1H2,2-4H3,(H,14,15)(H,16,17). The van der Waals surface area contributed by atoms with Crippen LogP contribution >= 0.6 is 0 Å². The van der Waals surface area contributed by atoms with Crippen molar-refractivity contribution in [1.29, 1.82) is 0 Å². The van der Waals surface area contributed by atoms with Crippen LogP contribution in [0.15, 0.2) is 30.9 Å². The van der Waals surface area contributed by atoms with Crippen LogP contribution < -0.4 is 9.74 Å². The molecule has 2 N–H and O–H groups in total. The van der Waals surface area contributed by atoms with Crippen LogP contribution in [0.5, 0.6) is 5.75 Å². The summed E-state index contributed by atoms with van der Waals surface area (Å²) in [5.41, 5.74) is 0.425. The molecule has 0 aliphatic rings. The van der Waals surface area contributed by atoms with Gasteiger partial charge in [0.1, 0.15) is 11.3 Å². The van der Waals surface area contributed by atoms with Crippen molar-refractivity contribution < 1.29 is 19.1 Å². The van der Waals surface area contributed by atoms with E-state index in [1.165, 1.54) is 6.07 Å². The summed E-state index contributed by atoms with van der Waals surface area (Å²) in [6.45, 7) is 9.23. The summed E-state index contributed by atoms with van der Waals surface area (Å²) in [5, 5.41) is 11.7. The average Bonchev–Trinajstić information content (AvgIpc) is 2.28. The Bertz CT molecular complexity index is 520. The number of aromatic carboxylic acids is 1. The molecule has 0 unspecified atom stereocenters. The number of rotatable bonds is 5. The molecule has 102 valence electrons. The first-order valence-corrected chi connectivity index (χ1v) is 9.13. The van der Waals surface area contributed by atoms with Gasteiger partial charge in [-0.2, -0.15) is 0 Å². The van der Waals surface area contributed by atoms with Crippen molar-refractivity contribution in [3.05, 3.63) is 36.4 Å². The lowest BCUT2D eigenvalue weighted by Gasteiger charge is -2.21. The van der Waals surface area contributed by atoms with E-state index in [9.17, 15) is 14.7 Å². The summed E-state index contributed by atoms with van der Waals surface area (Å²) >= 11 is 0. The third-order valence-electron chi connectivity index (χ3n) is 2.08. The van der Waals surface area contributed by atoms with Crippen molar-refractivity contribution in [3.63, 3.8) is 0 Å². The van der Waals surface area contributed by atoms with Crippen LogP contribution in [0.1, 0.15) is 10.4 Å². The topological polar surface area (TPSA) is 75.6 Å². The van der Waals surface area contributed by atoms with E-state index < -0.39 is 20.2 Å². The van der Waals surface area contributed by atoms with Gasteiger partial charge >= 0.3 is 5.97 Å². The smallest absolute Gasteiger partial charge is 0.339 e. The van der Waals surface area contributed by atoms with Crippen LogP contribution in [0.3, 0.4) is 0 Å². The highest BCUT2D eigenvalue weighted by atomic mass is 28.4. The zero-order chi connectivity index (χ0) is 14.6. The Morgan fingerprint density at radius 3 is 2.47 bits per heavy atom. The van der Waals surface area contributed by atoms with Crippen LogP contribution in [0.2, 0.25) is 19.6 Å². The molecular formula is C13H17NO4Si. The zero-order valence-corrected chi connectivity index (χ0v) is 12.2. The first-order chi connectivity index (χ1) is 8.73. The third kappa shape index (κ3) is 4.59. The number of amides is 1. The molecule has 0 aromatic heterocycles. The van der Waals surface area contributed by atoms with Gasteiger partial charge in [0.2, 0.25) is 14.2 Å². The number of carbonyl (C=O) groups is 2. The predicted molar refractivity (Wildman–Crippen MR) is 76.2 cm³/mol. The molecule has 1 rings (SSSR count).